The molecule has 4 heteroatoms. The summed E-state index contributed by atoms with van der Waals surface area (Å²) in [5, 5.41) is 6.80. The lowest BCUT2D eigenvalue weighted by atomic mass is 10.0. The monoisotopic (exact) mass is 195 g/mol. The van der Waals surface area contributed by atoms with Gasteiger partial charge < -0.3 is 4.57 Å². The van der Waals surface area contributed by atoms with Crippen LogP contribution in [0.25, 0.3) is 0 Å². The van der Waals surface area contributed by atoms with Crippen molar-refractivity contribution in [3.8, 4) is 0 Å². The van der Waals surface area contributed by atoms with E-state index in [1.165, 1.54) is 25.7 Å². The first-order valence-corrected chi connectivity index (χ1v) is 5.40. The van der Waals surface area contributed by atoms with Crippen molar-refractivity contribution in [3.63, 3.8) is 0 Å². The van der Waals surface area contributed by atoms with Gasteiger partial charge in [0.15, 0.2) is 4.77 Å². The number of nitrogens with one attached hydrogen (secondary N) is 1. The third-order valence-corrected chi connectivity index (χ3v) is 3.81. The highest BCUT2D eigenvalue weighted by molar-refractivity contribution is 7.71. The summed E-state index contributed by atoms with van der Waals surface area (Å²) in [5.74, 6) is 1.80. The molecule has 0 bridgehead atoms. The minimum atomic E-state index is 0.675. The zero-order valence-corrected chi connectivity index (χ0v) is 8.26. The lowest BCUT2D eigenvalue weighted by Gasteiger charge is -2.04. The number of hydrogen-bond donors (Lipinski definition) is 1. The molecule has 3 nitrogen and oxygen atoms in total. The second-order valence-electron chi connectivity index (χ2n) is 4.17. The van der Waals surface area contributed by atoms with Gasteiger partial charge in [-0.2, -0.15) is 5.10 Å². The van der Waals surface area contributed by atoms with E-state index in [0.29, 0.717) is 6.04 Å². The zero-order valence-electron chi connectivity index (χ0n) is 7.44. The van der Waals surface area contributed by atoms with Crippen molar-refractivity contribution in [1.82, 2.24) is 14.8 Å². The molecule has 0 saturated heterocycles. The number of fused-ring (bicyclic) bond motifs is 1. The Bertz CT molecular complexity index is 355. The average molecular weight is 195 g/mol. The highest BCUT2D eigenvalue weighted by atomic mass is 32.1. The van der Waals surface area contributed by atoms with E-state index >= 15 is 0 Å². The molecule has 2 aliphatic rings. The molecule has 2 aliphatic carbocycles. The molecule has 1 aromatic heterocycles. The van der Waals surface area contributed by atoms with E-state index in [4.69, 9.17) is 12.2 Å². The minimum absolute atomic E-state index is 0.675. The predicted octanol–water partition coefficient (Wildman–Crippen LogP) is 2.30. The molecular weight excluding hydrogens is 182 g/mol. The molecule has 2 atom stereocenters. The highest BCUT2D eigenvalue weighted by Gasteiger charge is 2.51. The molecule has 70 valence electrons. The first kappa shape index (κ1) is 7.74. The van der Waals surface area contributed by atoms with Crippen molar-refractivity contribution in [2.24, 2.45) is 11.8 Å². The molecular formula is C9H13N3S. The first-order chi connectivity index (χ1) is 6.38. The Morgan fingerprint density at radius 3 is 2.62 bits per heavy atom. The lowest BCUT2D eigenvalue weighted by Crippen LogP contribution is -1.94. The van der Waals surface area contributed by atoms with E-state index in [1.54, 1.807) is 0 Å². The second-order valence-corrected chi connectivity index (χ2v) is 4.56. The van der Waals surface area contributed by atoms with Crippen molar-refractivity contribution in [2.75, 3.05) is 0 Å². The Morgan fingerprint density at radius 1 is 1.38 bits per heavy atom. The van der Waals surface area contributed by atoms with Gasteiger partial charge in [-0.05, 0) is 36.9 Å². The standard InChI is InChI=1S/C9H13N3S/c13-9-11-10-5-12(9)8-6-3-1-2-4-7(6)8/h5-8H,1-4H2,(H,11,13). The first-order valence-electron chi connectivity index (χ1n) is 4.99. The third-order valence-electron chi connectivity index (χ3n) is 3.51. The van der Waals surface area contributed by atoms with Gasteiger partial charge in [0.2, 0.25) is 0 Å². The molecule has 2 saturated carbocycles. The van der Waals surface area contributed by atoms with Crippen LogP contribution in [0.5, 0.6) is 0 Å². The molecule has 1 heterocycles. The largest absolute Gasteiger partial charge is 0.303 e. The third kappa shape index (κ3) is 1.08. The van der Waals surface area contributed by atoms with Gasteiger partial charge in [0.05, 0.1) is 0 Å². The van der Waals surface area contributed by atoms with Crippen molar-refractivity contribution >= 4 is 12.2 Å². The quantitative estimate of drug-likeness (QED) is 0.698. The van der Waals surface area contributed by atoms with E-state index in [9.17, 15) is 0 Å². The van der Waals surface area contributed by atoms with Gasteiger partial charge in [0.1, 0.15) is 6.33 Å². The fraction of sp³-hybridized carbons (Fsp3) is 0.778. The van der Waals surface area contributed by atoms with Crippen LogP contribution in [0.3, 0.4) is 0 Å². The molecule has 3 rings (SSSR count). The molecule has 13 heavy (non-hydrogen) atoms. The molecule has 0 radical (unpaired) electrons. The number of aromatic amines is 1. The summed E-state index contributed by atoms with van der Waals surface area (Å²) in [6.45, 7) is 0. The number of rotatable bonds is 1. The van der Waals surface area contributed by atoms with E-state index in [-0.39, 0.29) is 0 Å². The summed E-state index contributed by atoms with van der Waals surface area (Å²) in [6.07, 6.45) is 7.45. The molecule has 1 aromatic rings. The van der Waals surface area contributed by atoms with E-state index in [0.717, 1.165) is 16.6 Å². The van der Waals surface area contributed by atoms with Crippen LogP contribution in [-0.4, -0.2) is 14.8 Å². The van der Waals surface area contributed by atoms with E-state index in [1.807, 2.05) is 6.33 Å². The molecule has 0 amide bonds. The van der Waals surface area contributed by atoms with Crippen LogP contribution >= 0.6 is 12.2 Å². The van der Waals surface area contributed by atoms with Crippen LogP contribution in [0.2, 0.25) is 0 Å². The lowest BCUT2D eigenvalue weighted by molar-refractivity contribution is 0.480. The number of H-pyrrole nitrogens is 1. The van der Waals surface area contributed by atoms with E-state index in [2.05, 4.69) is 14.8 Å². The molecule has 0 spiro atoms. The van der Waals surface area contributed by atoms with Gasteiger partial charge in [-0.15, -0.1) is 0 Å². The maximum atomic E-state index is 5.17. The Morgan fingerprint density at radius 2 is 2.08 bits per heavy atom. The maximum absolute atomic E-state index is 5.17. The summed E-state index contributed by atoms with van der Waals surface area (Å²) in [7, 11) is 0. The summed E-state index contributed by atoms with van der Waals surface area (Å²) < 4.78 is 2.94. The summed E-state index contributed by atoms with van der Waals surface area (Å²) >= 11 is 5.17. The predicted molar refractivity (Wildman–Crippen MR) is 51.9 cm³/mol. The molecule has 2 unspecified atom stereocenters. The van der Waals surface area contributed by atoms with Gasteiger partial charge in [0, 0.05) is 6.04 Å². The van der Waals surface area contributed by atoms with Crippen LogP contribution < -0.4 is 0 Å². The highest BCUT2D eigenvalue weighted by Crippen LogP contribution is 2.58. The summed E-state index contributed by atoms with van der Waals surface area (Å²) in [4.78, 5) is 0. The Labute approximate surface area is 82.2 Å². The molecule has 0 aliphatic heterocycles. The second kappa shape index (κ2) is 2.67. The van der Waals surface area contributed by atoms with Gasteiger partial charge in [-0.3, -0.25) is 5.10 Å². The van der Waals surface area contributed by atoms with Crippen LogP contribution in [0.15, 0.2) is 6.33 Å². The maximum Gasteiger partial charge on any atom is 0.195 e. The van der Waals surface area contributed by atoms with Crippen molar-refractivity contribution in [2.45, 2.75) is 31.7 Å². The number of aromatic nitrogens is 3. The molecule has 1 N–H and O–H groups in total. The van der Waals surface area contributed by atoms with Gasteiger partial charge >= 0.3 is 0 Å². The fourth-order valence-electron chi connectivity index (χ4n) is 2.84. The van der Waals surface area contributed by atoms with E-state index < -0.39 is 0 Å². The SMILES string of the molecule is S=c1[nH]ncn1C1C2CCCCC21. The summed E-state index contributed by atoms with van der Waals surface area (Å²) in [5.41, 5.74) is 0. The number of hydrogen-bond acceptors (Lipinski definition) is 2. The topological polar surface area (TPSA) is 33.6 Å². The smallest absolute Gasteiger partial charge is 0.195 e. The summed E-state index contributed by atoms with van der Waals surface area (Å²) in [6, 6.07) is 0.675. The molecule has 2 fully saturated rings. The normalized spacial score (nSPS) is 37.1. The van der Waals surface area contributed by atoms with Gasteiger partial charge in [-0.1, -0.05) is 12.8 Å². The van der Waals surface area contributed by atoms with Crippen molar-refractivity contribution in [1.29, 1.82) is 0 Å². The van der Waals surface area contributed by atoms with Crippen LogP contribution in [0.1, 0.15) is 31.7 Å². The fourth-order valence-corrected chi connectivity index (χ4v) is 3.06. The Hall–Kier alpha value is -0.640. The average Bonchev–Trinajstić information content (AvgIpc) is 2.73. The Balaban J connectivity index is 1.89. The van der Waals surface area contributed by atoms with Crippen molar-refractivity contribution in [3.05, 3.63) is 11.1 Å². The van der Waals surface area contributed by atoms with Crippen LogP contribution in [0.4, 0.5) is 0 Å². The van der Waals surface area contributed by atoms with Gasteiger partial charge in [-0.25, -0.2) is 0 Å². The zero-order chi connectivity index (χ0) is 8.84. The van der Waals surface area contributed by atoms with Crippen LogP contribution in [0, 0.1) is 16.6 Å². The molecule has 0 aromatic carbocycles. The van der Waals surface area contributed by atoms with Crippen molar-refractivity contribution < 1.29 is 0 Å². The van der Waals surface area contributed by atoms with Crippen LogP contribution in [-0.2, 0) is 0 Å². The Kier molecular flexibility index (Phi) is 1.59. The number of nitrogens with zero attached hydrogens (tertiary/aromatic N) is 2. The minimum Gasteiger partial charge on any atom is -0.303 e. The van der Waals surface area contributed by atoms with Gasteiger partial charge in [0.25, 0.3) is 0 Å².